The molecule has 0 heterocycles. The Labute approximate surface area is 90.8 Å². The van der Waals surface area contributed by atoms with Gasteiger partial charge in [-0.2, -0.15) is 0 Å². The molecule has 1 heteroatoms. The minimum atomic E-state index is 0.262. The Balaban J connectivity index is 2.12. The van der Waals surface area contributed by atoms with Crippen LogP contribution in [0.15, 0.2) is 36.4 Å². The number of carbonyl (C=O) groups is 1. The van der Waals surface area contributed by atoms with E-state index in [1.54, 1.807) is 6.92 Å². The SMILES string of the molecule is CC(=O)C1CC=C(c2ccccc2)CC1. The molecule has 0 N–H and O–H groups in total. The Morgan fingerprint density at radius 2 is 2.00 bits per heavy atom. The summed E-state index contributed by atoms with van der Waals surface area (Å²) in [6, 6.07) is 10.4. The highest BCUT2D eigenvalue weighted by molar-refractivity contribution is 5.80. The summed E-state index contributed by atoms with van der Waals surface area (Å²) in [6.45, 7) is 1.70. The van der Waals surface area contributed by atoms with Crippen LogP contribution in [0.1, 0.15) is 31.7 Å². The molecule has 0 saturated carbocycles. The predicted molar refractivity (Wildman–Crippen MR) is 62.4 cm³/mol. The van der Waals surface area contributed by atoms with Gasteiger partial charge in [0.1, 0.15) is 5.78 Å². The maximum Gasteiger partial charge on any atom is 0.133 e. The van der Waals surface area contributed by atoms with Crippen molar-refractivity contribution in [2.45, 2.75) is 26.2 Å². The van der Waals surface area contributed by atoms with E-state index in [4.69, 9.17) is 0 Å². The van der Waals surface area contributed by atoms with Crippen LogP contribution in [0.4, 0.5) is 0 Å². The van der Waals surface area contributed by atoms with Gasteiger partial charge >= 0.3 is 0 Å². The highest BCUT2D eigenvalue weighted by atomic mass is 16.1. The Morgan fingerprint density at radius 1 is 1.27 bits per heavy atom. The highest BCUT2D eigenvalue weighted by Gasteiger charge is 2.18. The van der Waals surface area contributed by atoms with Crippen molar-refractivity contribution in [3.05, 3.63) is 42.0 Å². The lowest BCUT2D eigenvalue weighted by Gasteiger charge is -2.19. The first kappa shape index (κ1) is 10.2. The minimum absolute atomic E-state index is 0.262. The van der Waals surface area contributed by atoms with Crippen molar-refractivity contribution in [2.75, 3.05) is 0 Å². The van der Waals surface area contributed by atoms with E-state index in [1.807, 2.05) is 6.07 Å². The molecule has 0 bridgehead atoms. The predicted octanol–water partition coefficient (Wildman–Crippen LogP) is 3.46. The number of carbonyl (C=O) groups excluding carboxylic acids is 1. The molecular weight excluding hydrogens is 184 g/mol. The third-order valence-corrected chi connectivity index (χ3v) is 3.13. The van der Waals surface area contributed by atoms with Crippen molar-refractivity contribution >= 4 is 11.4 Å². The van der Waals surface area contributed by atoms with E-state index in [0.717, 1.165) is 19.3 Å². The summed E-state index contributed by atoms with van der Waals surface area (Å²) in [4.78, 5) is 11.2. The Hall–Kier alpha value is -1.37. The molecule has 0 fully saturated rings. The molecule has 1 unspecified atom stereocenters. The molecule has 0 saturated heterocycles. The normalized spacial score (nSPS) is 20.9. The minimum Gasteiger partial charge on any atom is -0.300 e. The van der Waals surface area contributed by atoms with Crippen LogP contribution in [0.2, 0.25) is 0 Å². The van der Waals surface area contributed by atoms with Crippen LogP contribution in [-0.4, -0.2) is 5.78 Å². The molecule has 1 nitrogen and oxygen atoms in total. The molecule has 78 valence electrons. The second-order valence-electron chi connectivity index (χ2n) is 4.18. The van der Waals surface area contributed by atoms with E-state index in [2.05, 4.69) is 30.3 Å². The Morgan fingerprint density at radius 3 is 2.53 bits per heavy atom. The first-order valence-corrected chi connectivity index (χ1v) is 5.52. The van der Waals surface area contributed by atoms with Gasteiger partial charge in [0.25, 0.3) is 0 Å². The van der Waals surface area contributed by atoms with Crippen LogP contribution >= 0.6 is 0 Å². The standard InChI is InChI=1S/C14H16O/c1-11(15)12-7-9-14(10-8-12)13-5-3-2-4-6-13/h2-6,9,12H,7-8,10H2,1H3. The van der Waals surface area contributed by atoms with Gasteiger partial charge in [-0.15, -0.1) is 0 Å². The zero-order valence-electron chi connectivity index (χ0n) is 9.07. The molecule has 0 radical (unpaired) electrons. The maximum atomic E-state index is 11.2. The van der Waals surface area contributed by atoms with E-state index in [1.165, 1.54) is 11.1 Å². The average Bonchev–Trinajstić information content (AvgIpc) is 2.30. The fourth-order valence-electron chi connectivity index (χ4n) is 2.12. The lowest BCUT2D eigenvalue weighted by atomic mass is 9.85. The number of benzene rings is 1. The molecule has 0 amide bonds. The van der Waals surface area contributed by atoms with Gasteiger partial charge in [0.05, 0.1) is 0 Å². The van der Waals surface area contributed by atoms with Crippen molar-refractivity contribution in [1.82, 2.24) is 0 Å². The van der Waals surface area contributed by atoms with Crippen molar-refractivity contribution in [2.24, 2.45) is 5.92 Å². The van der Waals surface area contributed by atoms with Gasteiger partial charge in [-0.25, -0.2) is 0 Å². The second-order valence-corrected chi connectivity index (χ2v) is 4.18. The fraction of sp³-hybridized carbons (Fsp3) is 0.357. The Bertz CT molecular complexity index is 376. The van der Waals surface area contributed by atoms with E-state index in [-0.39, 0.29) is 5.92 Å². The van der Waals surface area contributed by atoms with Gasteiger partial charge in [-0.05, 0) is 37.3 Å². The van der Waals surface area contributed by atoms with Crippen molar-refractivity contribution in [3.8, 4) is 0 Å². The second kappa shape index (κ2) is 4.43. The third-order valence-electron chi connectivity index (χ3n) is 3.13. The van der Waals surface area contributed by atoms with Gasteiger partial charge < -0.3 is 0 Å². The molecule has 15 heavy (non-hydrogen) atoms. The molecule has 1 aliphatic carbocycles. The summed E-state index contributed by atoms with van der Waals surface area (Å²) in [5.74, 6) is 0.593. The van der Waals surface area contributed by atoms with E-state index in [9.17, 15) is 4.79 Å². The first-order valence-electron chi connectivity index (χ1n) is 5.52. The quantitative estimate of drug-likeness (QED) is 0.714. The maximum absolute atomic E-state index is 11.2. The molecule has 2 rings (SSSR count). The van der Waals surface area contributed by atoms with Crippen LogP contribution in [0.5, 0.6) is 0 Å². The topological polar surface area (TPSA) is 17.1 Å². The monoisotopic (exact) mass is 200 g/mol. The summed E-state index contributed by atoms with van der Waals surface area (Å²) in [5, 5.41) is 0. The molecule has 1 atom stereocenters. The van der Waals surface area contributed by atoms with Crippen LogP contribution in [-0.2, 0) is 4.79 Å². The van der Waals surface area contributed by atoms with Gasteiger partial charge in [0.2, 0.25) is 0 Å². The lowest BCUT2D eigenvalue weighted by molar-refractivity contribution is -0.120. The van der Waals surface area contributed by atoms with E-state index in [0.29, 0.717) is 5.78 Å². The molecule has 1 aliphatic rings. The molecular formula is C14H16O. The van der Waals surface area contributed by atoms with Crippen LogP contribution in [0.3, 0.4) is 0 Å². The zero-order chi connectivity index (χ0) is 10.7. The third kappa shape index (κ3) is 2.35. The Kier molecular flexibility index (Phi) is 3.00. The number of allylic oxidation sites excluding steroid dienone is 2. The molecule has 0 spiro atoms. The lowest BCUT2D eigenvalue weighted by Crippen LogP contribution is -2.13. The number of ketones is 1. The van der Waals surface area contributed by atoms with Crippen molar-refractivity contribution in [3.63, 3.8) is 0 Å². The van der Waals surface area contributed by atoms with Gasteiger partial charge in [-0.3, -0.25) is 4.79 Å². The van der Waals surface area contributed by atoms with Gasteiger partial charge in [-0.1, -0.05) is 36.4 Å². The smallest absolute Gasteiger partial charge is 0.133 e. The molecule has 0 aliphatic heterocycles. The molecule has 0 aromatic heterocycles. The fourth-order valence-corrected chi connectivity index (χ4v) is 2.12. The summed E-state index contributed by atoms with van der Waals surface area (Å²) >= 11 is 0. The number of hydrogen-bond acceptors (Lipinski definition) is 1. The molecule has 1 aromatic carbocycles. The van der Waals surface area contributed by atoms with Crippen molar-refractivity contribution < 1.29 is 4.79 Å². The largest absolute Gasteiger partial charge is 0.300 e. The number of Topliss-reactive ketones (excluding diaryl/α,β-unsaturated/α-hetero) is 1. The first-order chi connectivity index (χ1) is 7.27. The highest BCUT2D eigenvalue weighted by Crippen LogP contribution is 2.30. The van der Waals surface area contributed by atoms with Gasteiger partial charge in [0.15, 0.2) is 0 Å². The average molecular weight is 200 g/mol. The zero-order valence-corrected chi connectivity index (χ0v) is 9.07. The van der Waals surface area contributed by atoms with E-state index >= 15 is 0 Å². The van der Waals surface area contributed by atoms with Gasteiger partial charge in [0, 0.05) is 5.92 Å². The summed E-state index contributed by atoms with van der Waals surface area (Å²) in [6.07, 6.45) is 5.19. The van der Waals surface area contributed by atoms with E-state index < -0.39 is 0 Å². The summed E-state index contributed by atoms with van der Waals surface area (Å²) < 4.78 is 0. The summed E-state index contributed by atoms with van der Waals surface area (Å²) in [5.41, 5.74) is 2.70. The number of hydrogen-bond donors (Lipinski definition) is 0. The van der Waals surface area contributed by atoms with Crippen LogP contribution in [0, 0.1) is 5.92 Å². The number of rotatable bonds is 2. The van der Waals surface area contributed by atoms with Crippen LogP contribution in [0.25, 0.3) is 5.57 Å². The molecule has 1 aromatic rings. The van der Waals surface area contributed by atoms with Crippen molar-refractivity contribution in [1.29, 1.82) is 0 Å². The van der Waals surface area contributed by atoms with Crippen LogP contribution < -0.4 is 0 Å². The summed E-state index contributed by atoms with van der Waals surface area (Å²) in [7, 11) is 0.